The van der Waals surface area contributed by atoms with Gasteiger partial charge in [0.05, 0.1) is 31.1 Å². The summed E-state index contributed by atoms with van der Waals surface area (Å²) >= 11 is 0. The number of pyridine rings is 2. The van der Waals surface area contributed by atoms with Gasteiger partial charge in [-0.25, -0.2) is 18.4 Å². The molecule has 1 saturated heterocycles. The third-order valence-corrected chi connectivity index (χ3v) is 7.45. The van der Waals surface area contributed by atoms with Gasteiger partial charge in [-0.2, -0.15) is 0 Å². The lowest BCUT2D eigenvalue weighted by atomic mass is 9.89. The van der Waals surface area contributed by atoms with E-state index in [0.717, 1.165) is 22.9 Å². The van der Waals surface area contributed by atoms with Gasteiger partial charge in [0.1, 0.15) is 34.1 Å². The van der Waals surface area contributed by atoms with Crippen LogP contribution in [0.1, 0.15) is 37.9 Å². The number of benzene rings is 2. The van der Waals surface area contributed by atoms with Crippen LogP contribution in [0.3, 0.4) is 0 Å². The van der Waals surface area contributed by atoms with Gasteiger partial charge in [-0.3, -0.25) is 4.98 Å². The third-order valence-electron chi connectivity index (χ3n) is 7.45. The number of aliphatic hydroxyl groups is 1. The standard InChI is InChI=1S/C31H29F2N5O3/c1-30(2,39)23-16-26(35-29(27(23)33)19-7-9-22(32)10-8-19)31(11-5-13-41-31)18-38-17-24(36-37-38)21-14-20-6-4-12-34-28(20)25(15-21)40-3/h4,6-10,12,14-17,39H,5,11,13,18H2,1-3H3/t31-/m0/s1. The number of hydrogen-bond donors (Lipinski definition) is 1. The molecule has 1 N–H and O–H groups in total. The highest BCUT2D eigenvalue weighted by Gasteiger charge is 2.41. The minimum Gasteiger partial charge on any atom is -0.494 e. The van der Waals surface area contributed by atoms with E-state index < -0.39 is 22.8 Å². The first-order valence-corrected chi connectivity index (χ1v) is 13.3. The second-order valence-corrected chi connectivity index (χ2v) is 10.8. The maximum absolute atomic E-state index is 15.7. The average molecular weight is 558 g/mol. The van der Waals surface area contributed by atoms with Crippen LogP contribution in [-0.4, -0.2) is 43.8 Å². The van der Waals surface area contributed by atoms with E-state index in [0.29, 0.717) is 35.7 Å². The monoisotopic (exact) mass is 557 g/mol. The highest BCUT2D eigenvalue weighted by molar-refractivity contribution is 5.89. The summed E-state index contributed by atoms with van der Waals surface area (Å²) in [5, 5.41) is 20.6. The van der Waals surface area contributed by atoms with Gasteiger partial charge in [-0.05, 0) is 75.2 Å². The summed E-state index contributed by atoms with van der Waals surface area (Å²) in [5.74, 6) is -0.471. The Kier molecular flexibility index (Phi) is 6.75. The van der Waals surface area contributed by atoms with E-state index in [-0.39, 0.29) is 17.8 Å². The lowest BCUT2D eigenvalue weighted by Crippen LogP contribution is -2.33. The Morgan fingerprint density at radius 1 is 1.10 bits per heavy atom. The average Bonchev–Trinajstić information content (AvgIpc) is 3.63. The quantitative estimate of drug-likeness (QED) is 0.271. The summed E-state index contributed by atoms with van der Waals surface area (Å²) < 4.78 is 42.9. The van der Waals surface area contributed by atoms with Gasteiger partial charge in [0, 0.05) is 34.9 Å². The van der Waals surface area contributed by atoms with Gasteiger partial charge in [0.25, 0.3) is 0 Å². The molecule has 1 aliphatic rings. The Bertz CT molecular complexity index is 1720. The van der Waals surface area contributed by atoms with Crippen molar-refractivity contribution in [2.24, 2.45) is 0 Å². The third kappa shape index (κ3) is 5.05. The molecule has 41 heavy (non-hydrogen) atoms. The smallest absolute Gasteiger partial charge is 0.155 e. The molecular formula is C31H29F2N5O3. The van der Waals surface area contributed by atoms with Crippen molar-refractivity contribution in [1.82, 2.24) is 25.0 Å². The van der Waals surface area contributed by atoms with E-state index in [1.165, 1.54) is 38.1 Å². The van der Waals surface area contributed by atoms with Crippen LogP contribution in [0.2, 0.25) is 0 Å². The number of ether oxygens (including phenoxy) is 2. The van der Waals surface area contributed by atoms with Crippen molar-refractivity contribution < 1.29 is 23.4 Å². The predicted octanol–water partition coefficient (Wildman–Crippen LogP) is 5.78. The fourth-order valence-electron chi connectivity index (χ4n) is 5.34. The molecule has 5 aromatic rings. The summed E-state index contributed by atoms with van der Waals surface area (Å²) in [6.07, 6.45) is 4.90. The lowest BCUT2D eigenvalue weighted by Gasteiger charge is -2.30. The van der Waals surface area contributed by atoms with Gasteiger partial charge in [-0.1, -0.05) is 11.3 Å². The fourth-order valence-corrected chi connectivity index (χ4v) is 5.34. The zero-order valence-electron chi connectivity index (χ0n) is 22.9. The summed E-state index contributed by atoms with van der Waals surface area (Å²) in [5.41, 5.74) is 0.718. The van der Waals surface area contributed by atoms with Crippen molar-refractivity contribution in [3.63, 3.8) is 0 Å². The van der Waals surface area contributed by atoms with E-state index in [4.69, 9.17) is 14.5 Å². The number of rotatable bonds is 7. The van der Waals surface area contributed by atoms with Crippen molar-refractivity contribution in [3.8, 4) is 28.3 Å². The molecule has 2 aromatic carbocycles. The van der Waals surface area contributed by atoms with Crippen LogP contribution in [-0.2, 0) is 22.5 Å². The molecule has 0 bridgehead atoms. The Labute approximate surface area is 235 Å². The molecular weight excluding hydrogens is 528 g/mol. The Balaban J connectivity index is 1.41. The van der Waals surface area contributed by atoms with Crippen molar-refractivity contribution in [2.45, 2.75) is 44.4 Å². The maximum Gasteiger partial charge on any atom is 0.155 e. The van der Waals surface area contributed by atoms with Crippen LogP contribution < -0.4 is 4.74 Å². The maximum atomic E-state index is 15.7. The van der Waals surface area contributed by atoms with Crippen LogP contribution in [0.5, 0.6) is 5.75 Å². The lowest BCUT2D eigenvalue weighted by molar-refractivity contribution is -0.0212. The molecule has 6 rings (SSSR count). The van der Waals surface area contributed by atoms with Crippen LogP contribution in [0.25, 0.3) is 33.4 Å². The molecule has 1 aliphatic heterocycles. The summed E-state index contributed by atoms with van der Waals surface area (Å²) in [6, 6.07) is 14.7. The number of methoxy groups -OCH3 is 1. The number of nitrogens with zero attached hydrogens (tertiary/aromatic N) is 5. The molecule has 0 unspecified atom stereocenters. The summed E-state index contributed by atoms with van der Waals surface area (Å²) in [6.45, 7) is 3.78. The topological polar surface area (TPSA) is 95.2 Å². The first-order chi connectivity index (χ1) is 19.7. The molecule has 1 fully saturated rings. The molecule has 10 heteroatoms. The molecule has 3 aromatic heterocycles. The normalized spacial score (nSPS) is 17.3. The first-order valence-electron chi connectivity index (χ1n) is 13.3. The molecule has 4 heterocycles. The Morgan fingerprint density at radius 2 is 1.90 bits per heavy atom. The van der Waals surface area contributed by atoms with E-state index >= 15 is 4.39 Å². The number of halogens is 2. The molecule has 0 spiro atoms. The zero-order chi connectivity index (χ0) is 28.8. The van der Waals surface area contributed by atoms with Crippen LogP contribution in [0.4, 0.5) is 8.78 Å². The molecule has 0 saturated carbocycles. The molecule has 8 nitrogen and oxygen atoms in total. The van der Waals surface area contributed by atoms with Crippen LogP contribution >= 0.6 is 0 Å². The molecule has 0 aliphatic carbocycles. The van der Waals surface area contributed by atoms with Gasteiger partial charge < -0.3 is 14.6 Å². The highest BCUT2D eigenvalue weighted by atomic mass is 19.1. The highest BCUT2D eigenvalue weighted by Crippen LogP contribution is 2.41. The fraction of sp³-hybridized carbons (Fsp3) is 0.290. The Morgan fingerprint density at radius 3 is 2.61 bits per heavy atom. The molecule has 1 atom stereocenters. The number of hydrogen-bond acceptors (Lipinski definition) is 7. The molecule has 210 valence electrons. The van der Waals surface area contributed by atoms with Gasteiger partial charge in [0.15, 0.2) is 5.82 Å². The van der Waals surface area contributed by atoms with Crippen LogP contribution in [0, 0.1) is 11.6 Å². The van der Waals surface area contributed by atoms with E-state index in [2.05, 4.69) is 15.3 Å². The minimum atomic E-state index is -1.50. The summed E-state index contributed by atoms with van der Waals surface area (Å²) in [7, 11) is 1.60. The van der Waals surface area contributed by atoms with Crippen molar-refractivity contribution in [2.75, 3.05) is 13.7 Å². The largest absolute Gasteiger partial charge is 0.494 e. The molecule has 0 radical (unpaired) electrons. The first kappa shape index (κ1) is 26.9. The zero-order valence-corrected chi connectivity index (χ0v) is 22.9. The van der Waals surface area contributed by atoms with Crippen molar-refractivity contribution in [3.05, 3.63) is 89.9 Å². The van der Waals surface area contributed by atoms with E-state index in [9.17, 15) is 9.50 Å². The minimum absolute atomic E-state index is 0.0191. The molecule has 0 amide bonds. The second-order valence-electron chi connectivity index (χ2n) is 10.8. The SMILES string of the molecule is COc1cc(-c2cn(C[C@]3(c4cc(C(C)(C)O)c(F)c(-c5ccc(F)cc5)n4)CCCO3)nn2)cc2cccnc12. The van der Waals surface area contributed by atoms with E-state index in [1.807, 2.05) is 30.5 Å². The predicted molar refractivity (Wildman–Crippen MR) is 149 cm³/mol. The van der Waals surface area contributed by atoms with Gasteiger partial charge in [0.2, 0.25) is 0 Å². The van der Waals surface area contributed by atoms with Crippen molar-refractivity contribution >= 4 is 10.9 Å². The summed E-state index contributed by atoms with van der Waals surface area (Å²) in [4.78, 5) is 9.11. The number of fused-ring (bicyclic) bond motifs is 1. The Hall–Kier alpha value is -4.28. The second kappa shape index (κ2) is 10.3. The van der Waals surface area contributed by atoms with Gasteiger partial charge in [-0.15, -0.1) is 5.10 Å². The van der Waals surface area contributed by atoms with Crippen molar-refractivity contribution in [1.29, 1.82) is 0 Å². The van der Waals surface area contributed by atoms with E-state index in [1.54, 1.807) is 24.1 Å². The number of aromatic nitrogens is 5. The van der Waals surface area contributed by atoms with Crippen LogP contribution in [0.15, 0.2) is 67.0 Å². The van der Waals surface area contributed by atoms with Gasteiger partial charge >= 0.3 is 0 Å².